The molecule has 64 valence electrons. The fourth-order valence-corrected chi connectivity index (χ4v) is 0.901. The van der Waals surface area contributed by atoms with Crippen LogP contribution in [0.2, 0.25) is 0 Å². The molecule has 13 heavy (non-hydrogen) atoms. The Kier molecular flexibility index (Phi) is 3.57. The molecule has 0 aliphatic carbocycles. The molecule has 2 heteroatoms. The molecule has 1 aromatic carbocycles. The zero-order valence-corrected chi connectivity index (χ0v) is 7.46. The highest BCUT2D eigenvalue weighted by Gasteiger charge is 1.89. The Bertz CT molecular complexity index is 377. The first-order valence-corrected chi connectivity index (χ1v) is 4.00. The van der Waals surface area contributed by atoms with Crippen molar-refractivity contribution in [1.82, 2.24) is 5.32 Å². The zero-order chi connectivity index (χ0) is 9.52. The van der Waals surface area contributed by atoms with Crippen molar-refractivity contribution in [2.45, 2.75) is 0 Å². The number of nitriles is 1. The minimum absolute atomic E-state index is 0.649. The number of nitrogens with one attached hydrogen (secondary N) is 1. The molecule has 0 atom stereocenters. The maximum atomic E-state index is 8.62. The van der Waals surface area contributed by atoms with E-state index in [0.29, 0.717) is 12.1 Å². The van der Waals surface area contributed by atoms with E-state index >= 15 is 0 Å². The molecule has 0 amide bonds. The summed E-state index contributed by atoms with van der Waals surface area (Å²) in [6, 6.07) is 9.35. The van der Waals surface area contributed by atoms with E-state index in [-0.39, 0.29) is 0 Å². The first-order chi connectivity index (χ1) is 6.36. The van der Waals surface area contributed by atoms with E-state index in [2.05, 4.69) is 23.2 Å². The number of rotatable bonds is 1. The highest BCUT2D eigenvalue weighted by Crippen LogP contribution is 2.01. The van der Waals surface area contributed by atoms with Gasteiger partial charge in [-0.2, -0.15) is 5.26 Å². The van der Waals surface area contributed by atoms with Gasteiger partial charge in [-0.25, -0.2) is 0 Å². The van der Waals surface area contributed by atoms with Crippen molar-refractivity contribution in [3.8, 4) is 17.9 Å². The molecular weight excluding hydrogens is 160 g/mol. The second-order valence-corrected chi connectivity index (χ2v) is 2.52. The lowest BCUT2D eigenvalue weighted by atomic mass is 10.1. The van der Waals surface area contributed by atoms with E-state index in [4.69, 9.17) is 5.26 Å². The van der Waals surface area contributed by atoms with E-state index < -0.39 is 0 Å². The molecule has 1 N–H and O–H groups in total. The van der Waals surface area contributed by atoms with Crippen LogP contribution in [0.15, 0.2) is 24.3 Å². The smallest absolute Gasteiger partial charge is 0.0992 e. The molecule has 0 saturated carbocycles. The van der Waals surface area contributed by atoms with Gasteiger partial charge in [-0.1, -0.05) is 17.9 Å². The third-order valence-electron chi connectivity index (χ3n) is 1.49. The summed E-state index contributed by atoms with van der Waals surface area (Å²) in [5.41, 5.74) is 1.53. The Morgan fingerprint density at radius 1 is 1.38 bits per heavy atom. The SMILES string of the molecule is CNCC#Cc1cccc(C#N)c1. The molecule has 0 spiro atoms. The molecule has 2 nitrogen and oxygen atoms in total. The van der Waals surface area contributed by atoms with Crippen LogP contribution >= 0.6 is 0 Å². The first-order valence-electron chi connectivity index (χ1n) is 4.00. The summed E-state index contributed by atoms with van der Waals surface area (Å²) in [6.07, 6.45) is 0. The molecule has 0 aliphatic rings. The topological polar surface area (TPSA) is 35.8 Å². The van der Waals surface area contributed by atoms with Gasteiger partial charge in [0.15, 0.2) is 0 Å². The lowest BCUT2D eigenvalue weighted by molar-refractivity contribution is 0.938. The van der Waals surface area contributed by atoms with Crippen LogP contribution in [0.4, 0.5) is 0 Å². The molecule has 0 aromatic heterocycles. The van der Waals surface area contributed by atoms with Gasteiger partial charge < -0.3 is 5.32 Å². The average Bonchev–Trinajstić information content (AvgIpc) is 2.19. The maximum absolute atomic E-state index is 8.62. The monoisotopic (exact) mass is 170 g/mol. The molecule has 0 heterocycles. The molecule has 0 aliphatic heterocycles. The molecule has 1 rings (SSSR count). The molecule has 0 saturated heterocycles. The van der Waals surface area contributed by atoms with Gasteiger partial charge in [0.1, 0.15) is 0 Å². The van der Waals surface area contributed by atoms with Gasteiger partial charge in [0, 0.05) is 5.56 Å². The molecule has 1 aromatic rings. The van der Waals surface area contributed by atoms with Crippen LogP contribution in [0.1, 0.15) is 11.1 Å². The number of hydrogen-bond donors (Lipinski definition) is 1. The van der Waals surface area contributed by atoms with Crippen LogP contribution in [-0.2, 0) is 0 Å². The van der Waals surface area contributed by atoms with Gasteiger partial charge in [-0.3, -0.25) is 0 Å². The summed E-state index contributed by atoms with van der Waals surface area (Å²) in [5, 5.41) is 11.6. The average molecular weight is 170 g/mol. The van der Waals surface area contributed by atoms with Gasteiger partial charge >= 0.3 is 0 Å². The van der Waals surface area contributed by atoms with Crippen LogP contribution in [0.25, 0.3) is 0 Å². The Balaban J connectivity index is 2.81. The largest absolute Gasteiger partial charge is 0.309 e. The van der Waals surface area contributed by atoms with Crippen LogP contribution in [-0.4, -0.2) is 13.6 Å². The quantitative estimate of drug-likeness (QED) is 0.641. The van der Waals surface area contributed by atoms with Crippen LogP contribution in [0, 0.1) is 23.2 Å². The summed E-state index contributed by atoms with van der Waals surface area (Å²) >= 11 is 0. The van der Waals surface area contributed by atoms with Crippen molar-refractivity contribution in [1.29, 1.82) is 5.26 Å². The number of hydrogen-bond acceptors (Lipinski definition) is 2. The molecule has 0 radical (unpaired) electrons. The second-order valence-electron chi connectivity index (χ2n) is 2.52. The summed E-state index contributed by atoms with van der Waals surface area (Å²) in [7, 11) is 1.85. The van der Waals surface area contributed by atoms with Gasteiger partial charge in [0.05, 0.1) is 18.2 Å². The summed E-state index contributed by atoms with van der Waals surface area (Å²) in [5.74, 6) is 5.89. The fourth-order valence-electron chi connectivity index (χ4n) is 0.901. The van der Waals surface area contributed by atoms with E-state index in [1.165, 1.54) is 0 Å². The van der Waals surface area contributed by atoms with E-state index in [1.54, 1.807) is 12.1 Å². The van der Waals surface area contributed by atoms with Gasteiger partial charge in [0.25, 0.3) is 0 Å². The van der Waals surface area contributed by atoms with E-state index in [1.807, 2.05) is 19.2 Å². The zero-order valence-electron chi connectivity index (χ0n) is 7.46. The van der Waals surface area contributed by atoms with Gasteiger partial charge in [-0.15, -0.1) is 0 Å². The van der Waals surface area contributed by atoms with E-state index in [0.717, 1.165) is 5.56 Å². The van der Waals surface area contributed by atoms with Gasteiger partial charge in [0.2, 0.25) is 0 Å². The van der Waals surface area contributed by atoms with Crippen molar-refractivity contribution in [3.05, 3.63) is 35.4 Å². The predicted molar refractivity (Wildman–Crippen MR) is 52.0 cm³/mol. The highest BCUT2D eigenvalue weighted by molar-refractivity contribution is 5.41. The summed E-state index contributed by atoms with van der Waals surface area (Å²) < 4.78 is 0. The highest BCUT2D eigenvalue weighted by atomic mass is 14.8. The fraction of sp³-hybridized carbons (Fsp3) is 0.182. The van der Waals surface area contributed by atoms with Crippen molar-refractivity contribution in [2.75, 3.05) is 13.6 Å². The van der Waals surface area contributed by atoms with Crippen molar-refractivity contribution in [2.24, 2.45) is 0 Å². The molecular formula is C11H10N2. The van der Waals surface area contributed by atoms with Crippen molar-refractivity contribution in [3.63, 3.8) is 0 Å². The lowest BCUT2D eigenvalue weighted by Crippen LogP contribution is -2.04. The standard InChI is InChI=1S/C11H10N2/c1-13-7-3-6-10-4-2-5-11(8-10)9-12/h2,4-5,8,13H,7H2,1H3. The second kappa shape index (κ2) is 4.98. The molecule has 0 unspecified atom stereocenters. The molecule has 0 fully saturated rings. The lowest BCUT2D eigenvalue weighted by Gasteiger charge is -1.90. The minimum Gasteiger partial charge on any atom is -0.309 e. The maximum Gasteiger partial charge on any atom is 0.0992 e. The van der Waals surface area contributed by atoms with Crippen LogP contribution < -0.4 is 5.32 Å². The predicted octanol–water partition coefficient (Wildman–Crippen LogP) is 1.13. The minimum atomic E-state index is 0.649. The summed E-state index contributed by atoms with van der Waals surface area (Å²) in [6.45, 7) is 0.663. The van der Waals surface area contributed by atoms with Gasteiger partial charge in [-0.05, 0) is 25.2 Å². The molecule has 0 bridgehead atoms. The Labute approximate surface area is 78.2 Å². The Morgan fingerprint density at radius 3 is 2.85 bits per heavy atom. The van der Waals surface area contributed by atoms with Crippen molar-refractivity contribution < 1.29 is 0 Å². The third kappa shape index (κ3) is 2.99. The Morgan fingerprint density at radius 2 is 2.15 bits per heavy atom. The van der Waals surface area contributed by atoms with Crippen LogP contribution in [0.3, 0.4) is 0 Å². The van der Waals surface area contributed by atoms with Crippen LogP contribution in [0.5, 0.6) is 0 Å². The Hall–Kier alpha value is -1.77. The normalized spacial score (nSPS) is 8.31. The van der Waals surface area contributed by atoms with E-state index in [9.17, 15) is 0 Å². The number of benzene rings is 1. The van der Waals surface area contributed by atoms with Crippen molar-refractivity contribution >= 4 is 0 Å². The first kappa shape index (κ1) is 9.32. The third-order valence-corrected chi connectivity index (χ3v) is 1.49. The number of nitrogens with zero attached hydrogens (tertiary/aromatic N) is 1. The summed E-state index contributed by atoms with van der Waals surface area (Å²) in [4.78, 5) is 0.